The van der Waals surface area contributed by atoms with Gasteiger partial charge in [0, 0.05) is 6.42 Å². The lowest BCUT2D eigenvalue weighted by Crippen LogP contribution is -2.65. The molecule has 0 aromatic heterocycles. The second-order valence-corrected chi connectivity index (χ2v) is 20.4. The van der Waals surface area contributed by atoms with Gasteiger partial charge in [-0.1, -0.05) is 209 Å². The Morgan fingerprint density at radius 3 is 1.41 bits per heavy atom. The summed E-state index contributed by atoms with van der Waals surface area (Å²) in [5, 5.41) is 86.2. The van der Waals surface area contributed by atoms with E-state index in [2.05, 4.69) is 92.1 Å². The van der Waals surface area contributed by atoms with Crippen LogP contribution in [0, 0.1) is 0 Å². The Morgan fingerprint density at radius 2 is 0.932 bits per heavy atom. The summed E-state index contributed by atoms with van der Waals surface area (Å²) in [5.74, 6) is -0.220. The normalized spacial score (nSPS) is 25.8. The van der Waals surface area contributed by atoms with Gasteiger partial charge in [-0.2, -0.15) is 0 Å². The molecular weight excluding hydrogens is 943 g/mol. The van der Waals surface area contributed by atoms with Gasteiger partial charge in [0.2, 0.25) is 5.91 Å². The molecule has 2 heterocycles. The van der Waals surface area contributed by atoms with Crippen molar-refractivity contribution in [2.45, 2.75) is 280 Å². The molecule has 9 N–H and O–H groups in total. The van der Waals surface area contributed by atoms with Gasteiger partial charge in [-0.05, 0) is 64.2 Å². The number of ether oxygens (including phenoxy) is 4. The number of unbranched alkanes of at least 4 members (excludes halogenated alkanes) is 20. The van der Waals surface area contributed by atoms with Crippen molar-refractivity contribution in [2.75, 3.05) is 19.8 Å². The first kappa shape index (κ1) is 67.5. The fraction of sp³-hybridized carbons (Fsp3) is 0.783. The maximum Gasteiger partial charge on any atom is 0.220 e. The minimum absolute atomic E-state index is 0.220. The number of carbonyl (C=O) groups is 1. The van der Waals surface area contributed by atoms with Gasteiger partial charge in [0.15, 0.2) is 12.6 Å². The largest absolute Gasteiger partial charge is 0.394 e. The van der Waals surface area contributed by atoms with E-state index in [-0.39, 0.29) is 12.5 Å². The lowest BCUT2D eigenvalue weighted by atomic mass is 9.97. The monoisotopic (exact) mass is 1050 g/mol. The number of nitrogens with one attached hydrogen (secondary N) is 1. The van der Waals surface area contributed by atoms with Gasteiger partial charge >= 0.3 is 0 Å². The van der Waals surface area contributed by atoms with Crippen LogP contribution < -0.4 is 5.32 Å². The third kappa shape index (κ3) is 31.0. The summed E-state index contributed by atoms with van der Waals surface area (Å²) < 4.78 is 22.6. The quantitative estimate of drug-likeness (QED) is 0.0205. The molecule has 14 nitrogen and oxygen atoms in total. The number of hydrogen-bond donors (Lipinski definition) is 9. The van der Waals surface area contributed by atoms with Crippen LogP contribution in [0.4, 0.5) is 0 Å². The van der Waals surface area contributed by atoms with Gasteiger partial charge in [-0.15, -0.1) is 0 Å². The van der Waals surface area contributed by atoms with E-state index in [1.165, 1.54) is 96.3 Å². The molecule has 2 fully saturated rings. The van der Waals surface area contributed by atoms with Crippen LogP contribution in [0.5, 0.6) is 0 Å². The van der Waals surface area contributed by atoms with Gasteiger partial charge < -0.3 is 65.1 Å². The molecule has 14 heteroatoms. The minimum Gasteiger partial charge on any atom is -0.394 e. The standard InChI is InChI=1S/C60H105NO13/c1-3-5-7-8-9-10-11-12-13-14-15-16-17-18-19-20-21-22-23-24-25-26-27-28-29-30-31-32-33-34-35-36-37-38-39-40-42-44-52(65)61-48(49(64)43-41-6-4-2)47-71-59-57(70)55(68)58(51(46-63)73-59)74-60-56(69)54(67)53(66)50(45-62)72-60/h5,7,9-10,12-13,15-16,18-19,21-22,48-51,53-60,62-64,66-70H,3-4,6,8,11,14,17,20,23-47H2,1-2H3,(H,61,65)/b7-5-,10-9-,13-12-,16-15-,19-18-,22-21-. The van der Waals surface area contributed by atoms with Gasteiger partial charge in [0.1, 0.15) is 48.8 Å². The number of hydrogen-bond acceptors (Lipinski definition) is 13. The molecule has 12 unspecified atom stereocenters. The van der Waals surface area contributed by atoms with E-state index in [0.29, 0.717) is 12.8 Å². The second kappa shape index (κ2) is 45.4. The van der Waals surface area contributed by atoms with E-state index in [9.17, 15) is 45.6 Å². The highest BCUT2D eigenvalue weighted by Gasteiger charge is 2.51. The fourth-order valence-electron chi connectivity index (χ4n) is 9.24. The molecule has 0 radical (unpaired) electrons. The Morgan fingerprint density at radius 1 is 0.500 bits per heavy atom. The molecule has 2 saturated heterocycles. The first-order chi connectivity index (χ1) is 36.1. The van der Waals surface area contributed by atoms with E-state index >= 15 is 0 Å². The third-order valence-corrected chi connectivity index (χ3v) is 13.9. The van der Waals surface area contributed by atoms with Crippen molar-refractivity contribution < 1.29 is 64.6 Å². The molecule has 0 aromatic carbocycles. The topological polar surface area (TPSA) is 228 Å². The summed E-state index contributed by atoms with van der Waals surface area (Å²) >= 11 is 0. The van der Waals surface area contributed by atoms with Crippen LogP contribution in [-0.2, 0) is 23.7 Å². The van der Waals surface area contributed by atoms with Crippen LogP contribution in [0.1, 0.15) is 206 Å². The van der Waals surface area contributed by atoms with Crippen LogP contribution in [0.15, 0.2) is 72.9 Å². The van der Waals surface area contributed by atoms with Crippen molar-refractivity contribution >= 4 is 5.91 Å². The molecule has 0 saturated carbocycles. The molecule has 2 rings (SSSR count). The first-order valence-corrected chi connectivity index (χ1v) is 29.2. The highest BCUT2D eigenvalue weighted by Crippen LogP contribution is 2.30. The molecule has 0 aromatic rings. The van der Waals surface area contributed by atoms with Crippen LogP contribution in [0.3, 0.4) is 0 Å². The highest BCUT2D eigenvalue weighted by atomic mass is 16.7. The van der Waals surface area contributed by atoms with Crippen molar-refractivity contribution in [1.29, 1.82) is 0 Å². The molecule has 0 bridgehead atoms. The summed E-state index contributed by atoms with van der Waals surface area (Å²) in [4.78, 5) is 13.0. The molecule has 2 aliphatic rings. The Kier molecular flexibility index (Phi) is 41.5. The molecule has 0 aliphatic carbocycles. The van der Waals surface area contributed by atoms with Crippen molar-refractivity contribution in [2.24, 2.45) is 0 Å². The summed E-state index contributed by atoms with van der Waals surface area (Å²) in [6, 6.07) is -0.825. The van der Waals surface area contributed by atoms with Crippen molar-refractivity contribution in [3.63, 3.8) is 0 Å². The molecule has 0 spiro atoms. The number of aliphatic hydroxyl groups is 8. The van der Waals surface area contributed by atoms with Gasteiger partial charge in [0.05, 0.1) is 32.0 Å². The maximum atomic E-state index is 13.0. The predicted octanol–water partition coefficient (Wildman–Crippen LogP) is 9.55. The van der Waals surface area contributed by atoms with Crippen molar-refractivity contribution in [3.8, 4) is 0 Å². The zero-order valence-corrected chi connectivity index (χ0v) is 45.8. The average molecular weight is 1050 g/mol. The van der Waals surface area contributed by atoms with E-state index in [1.807, 2.05) is 0 Å². The lowest BCUT2D eigenvalue weighted by molar-refractivity contribution is -0.359. The third-order valence-electron chi connectivity index (χ3n) is 13.9. The molecule has 1 amide bonds. The lowest BCUT2D eigenvalue weighted by Gasteiger charge is -2.46. The van der Waals surface area contributed by atoms with Crippen LogP contribution in [0.2, 0.25) is 0 Å². The SMILES string of the molecule is CC/C=C\C/C=C\C/C=C\C/C=C\C/C=C\C/C=C\CCCCCCCCCCCCCCCCCCCCC(=O)NC(COC1OC(CO)C(OC2OC(CO)C(O)C(O)C2O)C(O)C1O)C(O)CCCCC. The Hall–Kier alpha value is -2.57. The average Bonchev–Trinajstić information content (AvgIpc) is 3.40. The van der Waals surface area contributed by atoms with Crippen molar-refractivity contribution in [1.82, 2.24) is 5.32 Å². The zero-order chi connectivity index (χ0) is 53.9. The van der Waals surface area contributed by atoms with E-state index in [4.69, 9.17) is 18.9 Å². The number of rotatable bonds is 45. The van der Waals surface area contributed by atoms with Crippen LogP contribution in [-0.4, -0.2) is 140 Å². The second-order valence-electron chi connectivity index (χ2n) is 20.4. The molecular formula is C60H105NO13. The molecule has 428 valence electrons. The zero-order valence-electron chi connectivity index (χ0n) is 45.8. The van der Waals surface area contributed by atoms with Crippen LogP contribution >= 0.6 is 0 Å². The summed E-state index contributed by atoms with van der Waals surface area (Å²) in [5.41, 5.74) is 0. The fourth-order valence-corrected chi connectivity index (χ4v) is 9.24. The van der Waals surface area contributed by atoms with E-state index < -0.39 is 86.8 Å². The Labute approximate surface area is 447 Å². The Balaban J connectivity index is 1.47. The summed E-state index contributed by atoms with van der Waals surface area (Å²) in [6.07, 6.45) is 43.4. The van der Waals surface area contributed by atoms with E-state index in [0.717, 1.165) is 83.5 Å². The summed E-state index contributed by atoms with van der Waals surface area (Å²) in [7, 11) is 0. The maximum absolute atomic E-state index is 13.0. The molecule has 12 atom stereocenters. The summed E-state index contributed by atoms with van der Waals surface area (Å²) in [6.45, 7) is 2.55. The highest BCUT2D eigenvalue weighted by molar-refractivity contribution is 5.76. The van der Waals surface area contributed by atoms with Crippen molar-refractivity contribution in [3.05, 3.63) is 72.9 Å². The predicted molar refractivity (Wildman–Crippen MR) is 295 cm³/mol. The molecule has 74 heavy (non-hydrogen) atoms. The minimum atomic E-state index is -1.78. The van der Waals surface area contributed by atoms with E-state index in [1.54, 1.807) is 0 Å². The number of carbonyl (C=O) groups excluding carboxylic acids is 1. The molecule has 2 aliphatic heterocycles. The smallest absolute Gasteiger partial charge is 0.220 e. The Bertz CT molecular complexity index is 1520. The number of aliphatic hydroxyl groups excluding tert-OH is 8. The number of amides is 1. The van der Waals surface area contributed by atoms with Gasteiger partial charge in [-0.3, -0.25) is 4.79 Å². The van der Waals surface area contributed by atoms with Crippen LogP contribution in [0.25, 0.3) is 0 Å². The number of allylic oxidation sites excluding steroid dienone is 12. The first-order valence-electron chi connectivity index (χ1n) is 29.2. The van der Waals surface area contributed by atoms with Gasteiger partial charge in [-0.25, -0.2) is 0 Å². The van der Waals surface area contributed by atoms with Gasteiger partial charge in [0.25, 0.3) is 0 Å².